The Morgan fingerprint density at radius 3 is 2.72 bits per heavy atom. The van der Waals surface area contributed by atoms with E-state index in [-0.39, 0.29) is 11.8 Å². The topological polar surface area (TPSA) is 67.4 Å². The van der Waals surface area contributed by atoms with E-state index in [1.54, 1.807) is 12.4 Å². The van der Waals surface area contributed by atoms with E-state index in [1.165, 1.54) is 0 Å². The Hall–Kier alpha value is -3.25. The first-order valence-corrected chi connectivity index (χ1v) is 9.84. The zero-order chi connectivity index (χ0) is 19.9. The van der Waals surface area contributed by atoms with Crippen LogP contribution in [0.3, 0.4) is 0 Å². The lowest BCUT2D eigenvalue weighted by Gasteiger charge is -2.16. The molecule has 6 nitrogen and oxygen atoms in total. The maximum Gasteiger partial charge on any atom is 0.224 e. The molecule has 0 saturated carbocycles. The zero-order valence-corrected chi connectivity index (χ0v) is 16.2. The normalized spacial score (nSPS) is 16.5. The van der Waals surface area contributed by atoms with Gasteiger partial charge in [-0.1, -0.05) is 24.3 Å². The van der Waals surface area contributed by atoms with Gasteiger partial charge in [0, 0.05) is 31.5 Å². The Morgan fingerprint density at radius 2 is 1.93 bits per heavy atom. The van der Waals surface area contributed by atoms with Crippen LogP contribution in [-0.4, -0.2) is 33.9 Å². The minimum absolute atomic E-state index is 0.0201. The molecule has 1 fully saturated rings. The third-order valence-corrected chi connectivity index (χ3v) is 4.98. The molecule has 1 aliphatic rings. The van der Waals surface area contributed by atoms with Crippen molar-refractivity contribution < 1.29 is 9.53 Å². The summed E-state index contributed by atoms with van der Waals surface area (Å²) in [5.74, 6) is 1.47. The minimum Gasteiger partial charge on any atom is -0.439 e. The summed E-state index contributed by atoms with van der Waals surface area (Å²) in [6.07, 6.45) is 4.32. The second kappa shape index (κ2) is 9.30. The smallest absolute Gasteiger partial charge is 0.224 e. The highest BCUT2D eigenvalue weighted by molar-refractivity contribution is 5.79. The first-order chi connectivity index (χ1) is 14.3. The van der Waals surface area contributed by atoms with Gasteiger partial charge in [0.2, 0.25) is 11.8 Å². The van der Waals surface area contributed by atoms with Crippen LogP contribution in [-0.2, 0) is 17.9 Å². The molecule has 3 aromatic rings. The second-order valence-electron chi connectivity index (χ2n) is 7.18. The number of likely N-dealkylation sites (tertiary alicyclic amines) is 1. The molecule has 1 unspecified atom stereocenters. The quantitative estimate of drug-likeness (QED) is 0.672. The van der Waals surface area contributed by atoms with Crippen molar-refractivity contribution in [3.05, 3.63) is 84.3 Å². The molecule has 0 aliphatic carbocycles. The molecular formula is C23H24N4O2. The van der Waals surface area contributed by atoms with Gasteiger partial charge in [0.1, 0.15) is 5.75 Å². The van der Waals surface area contributed by atoms with Gasteiger partial charge in [0.25, 0.3) is 0 Å². The number of amides is 1. The Balaban J connectivity index is 1.28. The van der Waals surface area contributed by atoms with E-state index in [0.29, 0.717) is 12.4 Å². The average Bonchev–Trinajstić information content (AvgIpc) is 3.22. The van der Waals surface area contributed by atoms with Crippen LogP contribution < -0.4 is 10.1 Å². The predicted octanol–water partition coefficient (Wildman–Crippen LogP) is 3.41. The van der Waals surface area contributed by atoms with Gasteiger partial charge in [-0.2, -0.15) is 0 Å². The van der Waals surface area contributed by atoms with E-state index in [1.807, 2.05) is 54.6 Å². The lowest BCUT2D eigenvalue weighted by Crippen LogP contribution is -2.32. The van der Waals surface area contributed by atoms with Gasteiger partial charge in [0.15, 0.2) is 0 Å². The number of hydrogen-bond donors (Lipinski definition) is 1. The molecule has 3 heterocycles. The highest BCUT2D eigenvalue weighted by Crippen LogP contribution is 2.23. The Kier molecular flexibility index (Phi) is 6.12. The molecule has 0 spiro atoms. The van der Waals surface area contributed by atoms with Crippen LogP contribution in [0.25, 0.3) is 0 Å². The molecule has 1 amide bonds. The van der Waals surface area contributed by atoms with Gasteiger partial charge >= 0.3 is 0 Å². The van der Waals surface area contributed by atoms with Gasteiger partial charge in [-0.05, 0) is 48.9 Å². The summed E-state index contributed by atoms with van der Waals surface area (Å²) < 4.78 is 5.82. The minimum atomic E-state index is 0.0201. The van der Waals surface area contributed by atoms with Crippen molar-refractivity contribution >= 4 is 5.91 Å². The molecule has 4 rings (SSSR count). The number of carbonyl (C=O) groups is 1. The van der Waals surface area contributed by atoms with Crippen LogP contribution in [0.2, 0.25) is 0 Å². The molecule has 6 heteroatoms. The molecule has 29 heavy (non-hydrogen) atoms. The second-order valence-corrected chi connectivity index (χ2v) is 7.18. The molecular weight excluding hydrogens is 364 g/mol. The summed E-state index contributed by atoms with van der Waals surface area (Å²) in [5, 5.41) is 3.01. The summed E-state index contributed by atoms with van der Waals surface area (Å²) in [6.45, 7) is 2.94. The van der Waals surface area contributed by atoms with E-state index >= 15 is 0 Å². The van der Waals surface area contributed by atoms with Crippen molar-refractivity contribution in [1.82, 2.24) is 20.2 Å². The van der Waals surface area contributed by atoms with Crippen LogP contribution in [0.1, 0.15) is 17.7 Å². The van der Waals surface area contributed by atoms with E-state index in [0.717, 1.165) is 43.1 Å². The summed E-state index contributed by atoms with van der Waals surface area (Å²) in [6, 6.07) is 19.3. The summed E-state index contributed by atoms with van der Waals surface area (Å²) in [4.78, 5) is 23.2. The monoisotopic (exact) mass is 388 g/mol. The Labute approximate surface area is 170 Å². The number of nitrogens with one attached hydrogen (secondary N) is 1. The van der Waals surface area contributed by atoms with Gasteiger partial charge in [0.05, 0.1) is 18.2 Å². The fraction of sp³-hybridized carbons (Fsp3) is 0.261. The van der Waals surface area contributed by atoms with Gasteiger partial charge < -0.3 is 10.1 Å². The van der Waals surface area contributed by atoms with Crippen molar-refractivity contribution in [2.45, 2.75) is 19.5 Å². The zero-order valence-electron chi connectivity index (χ0n) is 16.2. The van der Waals surface area contributed by atoms with E-state index in [9.17, 15) is 4.79 Å². The fourth-order valence-corrected chi connectivity index (χ4v) is 3.51. The van der Waals surface area contributed by atoms with E-state index < -0.39 is 0 Å². The number of hydrogen-bond acceptors (Lipinski definition) is 5. The standard InChI is InChI=1S/C23H24N4O2/c28-23(26-15-20-7-1-3-11-24-20)19-10-13-27(17-19)16-18-6-5-8-21(14-18)29-22-9-2-4-12-25-22/h1-9,11-12,14,19H,10,13,15-17H2,(H,26,28). The third-order valence-electron chi connectivity index (χ3n) is 4.98. The van der Waals surface area contributed by atoms with Crippen LogP contribution in [0, 0.1) is 5.92 Å². The van der Waals surface area contributed by atoms with Crippen LogP contribution in [0.15, 0.2) is 73.1 Å². The fourth-order valence-electron chi connectivity index (χ4n) is 3.51. The van der Waals surface area contributed by atoms with Crippen molar-refractivity contribution in [2.24, 2.45) is 5.92 Å². The highest BCUT2D eigenvalue weighted by Gasteiger charge is 2.28. The molecule has 1 aromatic carbocycles. The number of aromatic nitrogens is 2. The van der Waals surface area contributed by atoms with Crippen molar-refractivity contribution in [3.8, 4) is 11.6 Å². The van der Waals surface area contributed by atoms with Crippen LogP contribution in [0.4, 0.5) is 0 Å². The molecule has 148 valence electrons. The van der Waals surface area contributed by atoms with E-state index in [4.69, 9.17) is 4.74 Å². The highest BCUT2D eigenvalue weighted by atomic mass is 16.5. The van der Waals surface area contributed by atoms with Crippen LogP contribution >= 0.6 is 0 Å². The largest absolute Gasteiger partial charge is 0.439 e. The number of nitrogens with zero attached hydrogens (tertiary/aromatic N) is 3. The Bertz CT molecular complexity index is 934. The third kappa shape index (κ3) is 5.39. The maximum absolute atomic E-state index is 12.5. The summed E-state index contributed by atoms with van der Waals surface area (Å²) in [5.41, 5.74) is 2.04. The Morgan fingerprint density at radius 1 is 1.07 bits per heavy atom. The molecule has 1 aliphatic heterocycles. The number of benzene rings is 1. The number of ether oxygens (including phenoxy) is 1. The SMILES string of the molecule is O=C(NCc1ccccn1)C1CCN(Cc2cccc(Oc3ccccn3)c2)C1. The number of pyridine rings is 2. The molecule has 1 N–H and O–H groups in total. The van der Waals surface area contributed by atoms with Crippen molar-refractivity contribution in [2.75, 3.05) is 13.1 Å². The number of rotatable bonds is 7. The predicted molar refractivity (Wildman–Crippen MR) is 110 cm³/mol. The molecule has 2 aromatic heterocycles. The molecule has 1 atom stereocenters. The first kappa shape index (κ1) is 19.1. The maximum atomic E-state index is 12.5. The molecule has 0 bridgehead atoms. The van der Waals surface area contributed by atoms with Crippen molar-refractivity contribution in [1.29, 1.82) is 0 Å². The summed E-state index contributed by atoms with van der Waals surface area (Å²) >= 11 is 0. The van der Waals surface area contributed by atoms with Crippen LogP contribution in [0.5, 0.6) is 11.6 Å². The molecule has 0 radical (unpaired) electrons. The van der Waals surface area contributed by atoms with Gasteiger partial charge in [-0.15, -0.1) is 0 Å². The van der Waals surface area contributed by atoms with Gasteiger partial charge in [-0.25, -0.2) is 4.98 Å². The molecule has 1 saturated heterocycles. The lowest BCUT2D eigenvalue weighted by molar-refractivity contribution is -0.124. The van der Waals surface area contributed by atoms with E-state index in [2.05, 4.69) is 26.3 Å². The van der Waals surface area contributed by atoms with Crippen molar-refractivity contribution in [3.63, 3.8) is 0 Å². The average molecular weight is 388 g/mol. The number of carbonyl (C=O) groups excluding carboxylic acids is 1. The summed E-state index contributed by atoms with van der Waals surface area (Å²) in [7, 11) is 0. The lowest BCUT2D eigenvalue weighted by atomic mass is 10.1. The van der Waals surface area contributed by atoms with Gasteiger partial charge in [-0.3, -0.25) is 14.7 Å². The first-order valence-electron chi connectivity index (χ1n) is 9.84.